The van der Waals surface area contributed by atoms with Crippen molar-refractivity contribution >= 4 is 0 Å². The minimum absolute atomic E-state index is 0.192. The molecule has 1 saturated carbocycles. The van der Waals surface area contributed by atoms with Gasteiger partial charge in [0.15, 0.2) is 0 Å². The average molecular weight is 179 g/mol. The van der Waals surface area contributed by atoms with Crippen molar-refractivity contribution in [1.82, 2.24) is 5.32 Å². The van der Waals surface area contributed by atoms with E-state index in [0.29, 0.717) is 11.5 Å². The van der Waals surface area contributed by atoms with Crippen LogP contribution in [0.3, 0.4) is 0 Å². The SMILES string of the molecule is CCC#CC1CC(O)CNC12CC2. The van der Waals surface area contributed by atoms with E-state index in [2.05, 4.69) is 24.1 Å². The first kappa shape index (κ1) is 9.05. The van der Waals surface area contributed by atoms with Crippen LogP contribution < -0.4 is 5.32 Å². The van der Waals surface area contributed by atoms with Crippen molar-refractivity contribution in [3.8, 4) is 11.8 Å². The van der Waals surface area contributed by atoms with Crippen LogP contribution in [0.25, 0.3) is 0 Å². The Balaban J connectivity index is 2.04. The average Bonchev–Trinajstić information content (AvgIpc) is 2.89. The number of nitrogens with one attached hydrogen (secondary N) is 1. The zero-order valence-corrected chi connectivity index (χ0v) is 8.14. The number of β-amino-alcohol motifs (C(OH)–C–C–N with tert-alkyl or cyclic N) is 1. The first-order chi connectivity index (χ1) is 6.27. The van der Waals surface area contributed by atoms with Crippen LogP contribution in [0, 0.1) is 17.8 Å². The summed E-state index contributed by atoms with van der Waals surface area (Å²) in [6.07, 6.45) is 4.07. The summed E-state index contributed by atoms with van der Waals surface area (Å²) < 4.78 is 0. The fourth-order valence-electron chi connectivity index (χ4n) is 2.11. The number of aliphatic hydroxyl groups excluding tert-OH is 1. The van der Waals surface area contributed by atoms with Crippen molar-refractivity contribution in [3.05, 3.63) is 0 Å². The molecule has 0 aromatic heterocycles. The lowest BCUT2D eigenvalue weighted by Gasteiger charge is -2.32. The topological polar surface area (TPSA) is 32.3 Å². The van der Waals surface area contributed by atoms with Gasteiger partial charge in [-0.25, -0.2) is 0 Å². The molecule has 2 fully saturated rings. The molecule has 0 radical (unpaired) electrons. The van der Waals surface area contributed by atoms with Crippen molar-refractivity contribution < 1.29 is 5.11 Å². The molecule has 2 unspecified atom stereocenters. The second-order valence-corrected chi connectivity index (χ2v) is 4.15. The third-order valence-electron chi connectivity index (χ3n) is 3.11. The van der Waals surface area contributed by atoms with E-state index < -0.39 is 0 Å². The fraction of sp³-hybridized carbons (Fsp3) is 0.818. The molecule has 2 atom stereocenters. The highest BCUT2D eigenvalue weighted by atomic mass is 16.3. The smallest absolute Gasteiger partial charge is 0.0677 e. The first-order valence-corrected chi connectivity index (χ1v) is 5.18. The van der Waals surface area contributed by atoms with Crippen LogP contribution in [0.4, 0.5) is 0 Å². The number of hydrogen-bond acceptors (Lipinski definition) is 2. The normalized spacial score (nSPS) is 35.2. The summed E-state index contributed by atoms with van der Waals surface area (Å²) in [6.45, 7) is 2.82. The Labute approximate surface area is 79.7 Å². The third-order valence-corrected chi connectivity index (χ3v) is 3.11. The fourth-order valence-corrected chi connectivity index (χ4v) is 2.11. The van der Waals surface area contributed by atoms with Crippen LogP contribution in [-0.2, 0) is 0 Å². The van der Waals surface area contributed by atoms with E-state index >= 15 is 0 Å². The summed E-state index contributed by atoms with van der Waals surface area (Å²) in [6, 6.07) is 0. The summed E-state index contributed by atoms with van der Waals surface area (Å²) in [7, 11) is 0. The molecule has 0 aromatic rings. The van der Waals surface area contributed by atoms with E-state index in [9.17, 15) is 5.11 Å². The standard InChI is InChI=1S/C11H17NO/c1-2-3-4-9-7-10(13)8-12-11(9)5-6-11/h9-10,12-13H,2,5-8H2,1H3. The maximum Gasteiger partial charge on any atom is 0.0677 e. The zero-order chi connectivity index (χ0) is 9.31. The highest BCUT2D eigenvalue weighted by Gasteiger charge is 2.51. The largest absolute Gasteiger partial charge is 0.392 e. The molecule has 1 saturated heterocycles. The molecule has 0 amide bonds. The molecular formula is C11H17NO. The molecule has 2 heteroatoms. The highest BCUT2D eigenvalue weighted by Crippen LogP contribution is 2.45. The predicted molar refractivity (Wildman–Crippen MR) is 52.1 cm³/mol. The Hall–Kier alpha value is -0.520. The van der Waals surface area contributed by atoms with Gasteiger partial charge in [0, 0.05) is 24.4 Å². The first-order valence-electron chi connectivity index (χ1n) is 5.18. The second kappa shape index (κ2) is 3.32. The zero-order valence-electron chi connectivity index (χ0n) is 8.14. The lowest BCUT2D eigenvalue weighted by molar-refractivity contribution is 0.101. The molecular weight excluding hydrogens is 162 g/mol. The summed E-state index contributed by atoms with van der Waals surface area (Å²) in [4.78, 5) is 0. The van der Waals surface area contributed by atoms with E-state index in [4.69, 9.17) is 0 Å². The van der Waals surface area contributed by atoms with Gasteiger partial charge in [0.05, 0.1) is 6.10 Å². The molecule has 1 spiro atoms. The van der Waals surface area contributed by atoms with Gasteiger partial charge >= 0.3 is 0 Å². The summed E-state index contributed by atoms with van der Waals surface area (Å²) >= 11 is 0. The minimum Gasteiger partial charge on any atom is -0.392 e. The maximum absolute atomic E-state index is 9.51. The van der Waals surface area contributed by atoms with Crippen LogP contribution in [0.5, 0.6) is 0 Å². The van der Waals surface area contributed by atoms with E-state index in [1.54, 1.807) is 0 Å². The van der Waals surface area contributed by atoms with E-state index in [1.807, 2.05) is 0 Å². The molecule has 2 rings (SSSR count). The van der Waals surface area contributed by atoms with Crippen molar-refractivity contribution in [3.63, 3.8) is 0 Å². The Morgan fingerprint density at radius 3 is 2.92 bits per heavy atom. The quantitative estimate of drug-likeness (QED) is 0.542. The van der Waals surface area contributed by atoms with Crippen LogP contribution in [0.1, 0.15) is 32.6 Å². The number of aliphatic hydroxyl groups is 1. The molecule has 2 aliphatic rings. The maximum atomic E-state index is 9.51. The molecule has 0 aromatic carbocycles. The monoisotopic (exact) mass is 179 g/mol. The van der Waals surface area contributed by atoms with Crippen LogP contribution in [0.15, 0.2) is 0 Å². The molecule has 2 nitrogen and oxygen atoms in total. The van der Waals surface area contributed by atoms with E-state index in [1.165, 1.54) is 12.8 Å². The summed E-state index contributed by atoms with van der Waals surface area (Å²) in [5.74, 6) is 6.80. The van der Waals surface area contributed by atoms with Gasteiger partial charge in [-0.15, -0.1) is 5.92 Å². The van der Waals surface area contributed by atoms with Crippen molar-refractivity contribution in [2.24, 2.45) is 5.92 Å². The van der Waals surface area contributed by atoms with Gasteiger partial charge in [0.25, 0.3) is 0 Å². The summed E-state index contributed by atoms with van der Waals surface area (Å²) in [5, 5.41) is 12.9. The Morgan fingerprint density at radius 2 is 2.31 bits per heavy atom. The number of piperidine rings is 1. The second-order valence-electron chi connectivity index (χ2n) is 4.15. The molecule has 72 valence electrons. The van der Waals surface area contributed by atoms with Gasteiger partial charge in [0.2, 0.25) is 0 Å². The van der Waals surface area contributed by atoms with Crippen molar-refractivity contribution in [2.45, 2.75) is 44.2 Å². The molecule has 1 aliphatic heterocycles. The lowest BCUT2D eigenvalue weighted by Crippen LogP contribution is -2.49. The van der Waals surface area contributed by atoms with Gasteiger partial charge in [-0.1, -0.05) is 12.8 Å². The third kappa shape index (κ3) is 1.72. The predicted octanol–water partition coefficient (Wildman–Crippen LogP) is 0.903. The Morgan fingerprint density at radius 1 is 1.54 bits per heavy atom. The minimum atomic E-state index is -0.192. The van der Waals surface area contributed by atoms with Crippen LogP contribution >= 0.6 is 0 Å². The summed E-state index contributed by atoms with van der Waals surface area (Å²) in [5.41, 5.74) is 0.293. The van der Waals surface area contributed by atoms with Crippen molar-refractivity contribution in [1.29, 1.82) is 0 Å². The number of rotatable bonds is 0. The number of hydrogen-bond donors (Lipinski definition) is 2. The lowest BCUT2D eigenvalue weighted by atomic mass is 9.87. The molecule has 0 bridgehead atoms. The Kier molecular flexibility index (Phi) is 2.31. The van der Waals surface area contributed by atoms with E-state index in [-0.39, 0.29) is 6.10 Å². The van der Waals surface area contributed by atoms with Crippen LogP contribution in [0.2, 0.25) is 0 Å². The van der Waals surface area contributed by atoms with Gasteiger partial charge in [-0.3, -0.25) is 0 Å². The molecule has 1 heterocycles. The van der Waals surface area contributed by atoms with Gasteiger partial charge in [-0.2, -0.15) is 0 Å². The molecule has 1 aliphatic carbocycles. The Bertz CT molecular complexity index is 247. The van der Waals surface area contributed by atoms with E-state index in [0.717, 1.165) is 19.4 Å². The van der Waals surface area contributed by atoms with Gasteiger partial charge in [0.1, 0.15) is 0 Å². The highest BCUT2D eigenvalue weighted by molar-refractivity contribution is 5.20. The molecule has 13 heavy (non-hydrogen) atoms. The van der Waals surface area contributed by atoms with Gasteiger partial charge in [-0.05, 0) is 19.3 Å². The molecule has 2 N–H and O–H groups in total. The van der Waals surface area contributed by atoms with Gasteiger partial charge < -0.3 is 10.4 Å². The van der Waals surface area contributed by atoms with Crippen molar-refractivity contribution in [2.75, 3.05) is 6.54 Å². The van der Waals surface area contributed by atoms with Crippen LogP contribution in [-0.4, -0.2) is 23.3 Å².